The van der Waals surface area contributed by atoms with E-state index in [9.17, 15) is 17.2 Å². The second-order valence-corrected chi connectivity index (χ2v) is 9.29. The Balaban J connectivity index is 2.93. The van der Waals surface area contributed by atoms with Crippen LogP contribution in [0.25, 0.3) is 0 Å². The quantitative estimate of drug-likeness (QED) is 0.538. The second-order valence-electron chi connectivity index (χ2n) is 7.04. The molecule has 0 aromatic heterocycles. The van der Waals surface area contributed by atoms with Crippen LogP contribution in [-0.4, -0.2) is 33.3 Å². The third kappa shape index (κ3) is 7.68. The van der Waals surface area contributed by atoms with Crippen LogP contribution >= 0.6 is 0 Å². The highest BCUT2D eigenvalue weighted by molar-refractivity contribution is 7.91. The molecular formula is C19H31F2N2O2S. The zero-order chi connectivity index (χ0) is 19.7. The molecule has 26 heavy (non-hydrogen) atoms. The molecule has 0 saturated carbocycles. The van der Waals surface area contributed by atoms with Gasteiger partial charge in [-0.3, -0.25) is 0 Å². The van der Waals surface area contributed by atoms with Gasteiger partial charge in [-0.25, -0.2) is 17.2 Å². The van der Waals surface area contributed by atoms with Crippen LogP contribution in [0, 0.1) is 24.0 Å². The van der Waals surface area contributed by atoms with Crippen molar-refractivity contribution in [3.63, 3.8) is 0 Å². The number of unbranched alkanes of at least 4 members (excludes halogenated alkanes) is 1. The van der Waals surface area contributed by atoms with Gasteiger partial charge in [0.2, 0.25) is 0 Å². The molecule has 1 aromatic rings. The van der Waals surface area contributed by atoms with Crippen molar-refractivity contribution in [2.24, 2.45) is 11.7 Å². The lowest BCUT2D eigenvalue weighted by Gasteiger charge is -2.25. The summed E-state index contributed by atoms with van der Waals surface area (Å²) in [5.74, 6) is -1.11. The maximum absolute atomic E-state index is 13.6. The average molecular weight is 390 g/mol. The van der Waals surface area contributed by atoms with E-state index in [1.165, 1.54) is 0 Å². The summed E-state index contributed by atoms with van der Waals surface area (Å²) >= 11 is 0. The number of nitrogens with one attached hydrogen (secondary N) is 1. The molecule has 7 heteroatoms. The van der Waals surface area contributed by atoms with Gasteiger partial charge in [0.25, 0.3) is 0 Å². The average Bonchev–Trinajstić information content (AvgIpc) is 2.51. The van der Waals surface area contributed by atoms with Crippen molar-refractivity contribution in [2.45, 2.75) is 51.3 Å². The molecule has 3 N–H and O–H groups in total. The molecule has 0 aliphatic rings. The first-order valence-electron chi connectivity index (χ1n) is 9.14. The highest BCUT2D eigenvalue weighted by Gasteiger charge is 2.33. The molecule has 0 bridgehead atoms. The zero-order valence-corrected chi connectivity index (χ0v) is 16.7. The van der Waals surface area contributed by atoms with Gasteiger partial charge in [0, 0.05) is 12.1 Å². The van der Waals surface area contributed by atoms with Crippen LogP contribution in [0.1, 0.15) is 50.8 Å². The SMILES string of the molecule is CCCCS(=O)(=O)C(c1cc(F)cc(F)c1)[C@@H](N)[CH]CNCCC(C)C. The van der Waals surface area contributed by atoms with Crippen molar-refractivity contribution in [1.82, 2.24) is 5.32 Å². The largest absolute Gasteiger partial charge is 0.326 e. The maximum Gasteiger partial charge on any atom is 0.158 e. The van der Waals surface area contributed by atoms with Gasteiger partial charge in [-0.2, -0.15) is 0 Å². The summed E-state index contributed by atoms with van der Waals surface area (Å²) in [7, 11) is -3.64. The number of halogens is 2. The van der Waals surface area contributed by atoms with Crippen LogP contribution in [-0.2, 0) is 9.84 Å². The molecule has 4 nitrogen and oxygen atoms in total. The molecule has 0 heterocycles. The molecule has 0 saturated heterocycles. The molecule has 2 atom stereocenters. The van der Waals surface area contributed by atoms with Gasteiger partial charge in [0.05, 0.1) is 5.75 Å². The lowest BCUT2D eigenvalue weighted by molar-refractivity contribution is 0.532. The molecule has 1 aromatic carbocycles. The van der Waals surface area contributed by atoms with Crippen LogP contribution in [0.3, 0.4) is 0 Å². The van der Waals surface area contributed by atoms with Crippen molar-refractivity contribution in [3.05, 3.63) is 41.8 Å². The molecule has 1 radical (unpaired) electrons. The molecule has 0 aliphatic heterocycles. The van der Waals surface area contributed by atoms with Gasteiger partial charge in [-0.05, 0) is 56.0 Å². The number of nitrogens with two attached hydrogens (primary N) is 1. The Bertz CT molecular complexity index is 631. The Kier molecular flexibility index (Phi) is 9.68. The van der Waals surface area contributed by atoms with Crippen molar-refractivity contribution in [2.75, 3.05) is 18.8 Å². The van der Waals surface area contributed by atoms with Gasteiger partial charge >= 0.3 is 0 Å². The zero-order valence-electron chi connectivity index (χ0n) is 15.8. The van der Waals surface area contributed by atoms with Crippen LogP contribution in [0.4, 0.5) is 8.78 Å². The highest BCUT2D eigenvalue weighted by Crippen LogP contribution is 2.29. The Hall–Kier alpha value is -1.05. The summed E-state index contributed by atoms with van der Waals surface area (Å²) < 4.78 is 52.8. The van der Waals surface area contributed by atoms with E-state index in [0.29, 0.717) is 25.3 Å². The number of benzene rings is 1. The lowest BCUT2D eigenvalue weighted by atomic mass is 10.0. The minimum atomic E-state index is -3.64. The fourth-order valence-corrected chi connectivity index (χ4v) is 4.80. The van der Waals surface area contributed by atoms with Crippen molar-refractivity contribution >= 4 is 9.84 Å². The monoisotopic (exact) mass is 389 g/mol. The predicted molar refractivity (Wildman–Crippen MR) is 102 cm³/mol. The Morgan fingerprint density at radius 1 is 1.19 bits per heavy atom. The van der Waals surface area contributed by atoms with Gasteiger partial charge in [0.15, 0.2) is 9.84 Å². The number of rotatable bonds is 12. The third-order valence-electron chi connectivity index (χ3n) is 4.17. The minimum Gasteiger partial charge on any atom is -0.326 e. The van der Waals surface area contributed by atoms with E-state index in [4.69, 9.17) is 5.73 Å². The normalized spacial score (nSPS) is 14.6. The summed E-state index contributed by atoms with van der Waals surface area (Å²) in [6.07, 6.45) is 3.85. The lowest BCUT2D eigenvalue weighted by Crippen LogP contribution is -2.38. The van der Waals surface area contributed by atoms with Gasteiger partial charge in [-0.15, -0.1) is 0 Å². The van der Waals surface area contributed by atoms with Gasteiger partial charge in [-0.1, -0.05) is 27.2 Å². The first-order chi connectivity index (χ1) is 12.2. The number of hydrogen-bond acceptors (Lipinski definition) is 4. The molecule has 1 rings (SSSR count). The minimum absolute atomic E-state index is 0.0598. The summed E-state index contributed by atoms with van der Waals surface area (Å²) in [5, 5.41) is 2.03. The van der Waals surface area contributed by atoms with Crippen LogP contribution in [0.2, 0.25) is 0 Å². The topological polar surface area (TPSA) is 72.2 Å². The molecule has 0 aliphatic carbocycles. The molecule has 0 spiro atoms. The van der Waals surface area contributed by atoms with E-state index >= 15 is 0 Å². The van der Waals surface area contributed by atoms with Gasteiger partial charge < -0.3 is 11.1 Å². The molecule has 149 valence electrons. The molecule has 1 unspecified atom stereocenters. The first-order valence-corrected chi connectivity index (χ1v) is 10.9. The number of sulfone groups is 1. The standard InChI is InChI=1S/C19H31F2N2O2S/c1-4-5-10-26(24,25)19(15-11-16(20)13-17(21)12-15)18(22)7-9-23-8-6-14(2)3/h7,11-14,18-19,23H,4-6,8-10,22H2,1-3H3/t18-,19?/m0/s1. The molecule has 0 fully saturated rings. The Morgan fingerprint density at radius 3 is 2.35 bits per heavy atom. The van der Waals surface area contributed by atoms with Gasteiger partial charge in [0.1, 0.15) is 16.9 Å². The summed E-state index contributed by atoms with van der Waals surface area (Å²) in [4.78, 5) is 0. The smallest absolute Gasteiger partial charge is 0.158 e. The maximum atomic E-state index is 13.6. The van der Waals surface area contributed by atoms with E-state index in [0.717, 1.165) is 31.2 Å². The second kappa shape index (κ2) is 10.9. The number of hydrogen-bond donors (Lipinski definition) is 2. The first kappa shape index (κ1) is 23.0. The summed E-state index contributed by atoms with van der Waals surface area (Å²) in [5.41, 5.74) is 6.19. The summed E-state index contributed by atoms with van der Waals surface area (Å²) in [6.45, 7) is 7.35. The van der Waals surface area contributed by atoms with E-state index in [1.54, 1.807) is 6.42 Å². The fourth-order valence-electron chi connectivity index (χ4n) is 2.72. The highest BCUT2D eigenvalue weighted by atomic mass is 32.2. The fraction of sp³-hybridized carbons (Fsp3) is 0.632. The van der Waals surface area contributed by atoms with Crippen LogP contribution < -0.4 is 11.1 Å². The van der Waals surface area contributed by atoms with E-state index in [-0.39, 0.29) is 11.3 Å². The van der Waals surface area contributed by atoms with Crippen molar-refractivity contribution in [1.29, 1.82) is 0 Å². The van der Waals surface area contributed by atoms with Crippen molar-refractivity contribution < 1.29 is 17.2 Å². The third-order valence-corrected chi connectivity index (χ3v) is 6.38. The van der Waals surface area contributed by atoms with E-state index in [1.807, 2.05) is 6.92 Å². The van der Waals surface area contributed by atoms with Crippen LogP contribution in [0.5, 0.6) is 0 Å². The molecule has 0 amide bonds. The Morgan fingerprint density at radius 2 is 1.81 bits per heavy atom. The molecular weight excluding hydrogens is 358 g/mol. The van der Waals surface area contributed by atoms with Crippen molar-refractivity contribution in [3.8, 4) is 0 Å². The van der Waals surface area contributed by atoms with E-state index < -0.39 is 32.8 Å². The van der Waals surface area contributed by atoms with E-state index in [2.05, 4.69) is 19.2 Å². The van der Waals surface area contributed by atoms with Crippen LogP contribution in [0.15, 0.2) is 18.2 Å². The predicted octanol–water partition coefficient (Wildman–Crippen LogP) is 3.39. The summed E-state index contributed by atoms with van der Waals surface area (Å²) in [6, 6.07) is 1.97. The Labute approximate surface area is 156 Å².